The van der Waals surface area contributed by atoms with Crippen LogP contribution >= 0.6 is 11.6 Å². The van der Waals surface area contributed by atoms with Gasteiger partial charge in [0.15, 0.2) is 0 Å². The van der Waals surface area contributed by atoms with E-state index in [1.807, 2.05) is 6.92 Å². The Morgan fingerprint density at radius 1 is 1.58 bits per heavy atom. The van der Waals surface area contributed by atoms with Crippen LogP contribution in [0.5, 0.6) is 0 Å². The average molecular weight is 284 g/mol. The molecule has 0 aliphatic carbocycles. The summed E-state index contributed by atoms with van der Waals surface area (Å²) in [6.45, 7) is 4.66. The highest BCUT2D eigenvalue weighted by molar-refractivity contribution is 6.32. The van der Waals surface area contributed by atoms with Crippen LogP contribution in [-0.2, 0) is 0 Å². The van der Waals surface area contributed by atoms with E-state index in [0.717, 1.165) is 12.6 Å². The Hall–Kier alpha value is -1.69. The van der Waals surface area contributed by atoms with Crippen LogP contribution in [0.15, 0.2) is 12.3 Å². The number of pyridine rings is 1. The molecule has 1 fully saturated rings. The normalized spacial score (nSPS) is 22.6. The van der Waals surface area contributed by atoms with E-state index in [4.69, 9.17) is 11.6 Å². The number of carbonyl (C=O) groups excluding carboxylic acids is 1. The Bertz CT molecular complexity index is 535. The van der Waals surface area contributed by atoms with Crippen molar-refractivity contribution < 1.29 is 9.72 Å². The van der Waals surface area contributed by atoms with Gasteiger partial charge in [0.05, 0.1) is 10.5 Å². The number of hydrogen-bond acceptors (Lipinski definition) is 4. The monoisotopic (exact) mass is 283 g/mol. The van der Waals surface area contributed by atoms with Gasteiger partial charge in [0.1, 0.15) is 11.3 Å². The third-order valence-corrected chi connectivity index (χ3v) is 3.61. The maximum absolute atomic E-state index is 12.4. The van der Waals surface area contributed by atoms with E-state index in [0.29, 0.717) is 12.5 Å². The third-order valence-electron chi connectivity index (χ3n) is 3.31. The summed E-state index contributed by atoms with van der Waals surface area (Å²) in [5.74, 6) is 0.127. The third kappa shape index (κ3) is 2.68. The molecule has 2 atom stereocenters. The first kappa shape index (κ1) is 13.7. The summed E-state index contributed by atoms with van der Waals surface area (Å²) < 4.78 is 0. The van der Waals surface area contributed by atoms with E-state index < -0.39 is 4.92 Å². The summed E-state index contributed by atoms with van der Waals surface area (Å²) in [5, 5.41) is 10.7. The van der Waals surface area contributed by atoms with Gasteiger partial charge < -0.3 is 4.90 Å². The number of nitro groups is 1. The fourth-order valence-corrected chi connectivity index (χ4v) is 2.61. The first-order valence-corrected chi connectivity index (χ1v) is 6.39. The molecule has 0 aromatic carbocycles. The SMILES string of the molecule is CC1CC(C)N(C(=O)c2cc([N+](=O)[O-])cnc2Cl)C1. The summed E-state index contributed by atoms with van der Waals surface area (Å²) in [6.07, 6.45) is 1.97. The molecule has 0 radical (unpaired) electrons. The lowest BCUT2D eigenvalue weighted by atomic mass is 10.1. The van der Waals surface area contributed by atoms with Crippen molar-refractivity contribution in [3.8, 4) is 0 Å². The lowest BCUT2D eigenvalue weighted by Crippen LogP contribution is -2.34. The van der Waals surface area contributed by atoms with Crippen molar-refractivity contribution in [3.05, 3.63) is 33.1 Å². The van der Waals surface area contributed by atoms with Gasteiger partial charge in [-0.15, -0.1) is 0 Å². The molecule has 2 unspecified atom stereocenters. The van der Waals surface area contributed by atoms with Crippen molar-refractivity contribution in [2.24, 2.45) is 5.92 Å². The van der Waals surface area contributed by atoms with Crippen molar-refractivity contribution in [1.82, 2.24) is 9.88 Å². The Labute approximate surface area is 115 Å². The van der Waals surface area contributed by atoms with Gasteiger partial charge in [0.25, 0.3) is 11.6 Å². The second-order valence-corrected chi connectivity index (χ2v) is 5.29. The zero-order chi connectivity index (χ0) is 14.2. The van der Waals surface area contributed by atoms with Crippen LogP contribution < -0.4 is 0 Å². The molecule has 1 saturated heterocycles. The van der Waals surface area contributed by atoms with Crippen molar-refractivity contribution in [2.45, 2.75) is 26.3 Å². The molecule has 1 amide bonds. The van der Waals surface area contributed by atoms with Gasteiger partial charge in [-0.25, -0.2) is 4.98 Å². The van der Waals surface area contributed by atoms with E-state index in [1.54, 1.807) is 4.90 Å². The molecule has 0 N–H and O–H groups in total. The predicted octanol–water partition coefficient (Wildman–Crippen LogP) is 2.51. The van der Waals surface area contributed by atoms with E-state index in [1.165, 1.54) is 6.07 Å². The van der Waals surface area contributed by atoms with E-state index in [9.17, 15) is 14.9 Å². The smallest absolute Gasteiger partial charge is 0.288 e. The highest BCUT2D eigenvalue weighted by Crippen LogP contribution is 2.27. The molecule has 0 spiro atoms. The minimum atomic E-state index is -0.587. The lowest BCUT2D eigenvalue weighted by molar-refractivity contribution is -0.385. The highest BCUT2D eigenvalue weighted by atomic mass is 35.5. The Balaban J connectivity index is 2.33. The van der Waals surface area contributed by atoms with Crippen molar-refractivity contribution in [2.75, 3.05) is 6.54 Å². The Kier molecular flexibility index (Phi) is 3.71. The predicted molar refractivity (Wildman–Crippen MR) is 70.2 cm³/mol. The number of carbonyl (C=O) groups is 1. The van der Waals surface area contributed by atoms with Crippen molar-refractivity contribution in [1.29, 1.82) is 0 Å². The average Bonchev–Trinajstić information content (AvgIpc) is 2.68. The molecule has 6 nitrogen and oxygen atoms in total. The summed E-state index contributed by atoms with van der Waals surface area (Å²) in [4.78, 5) is 27.9. The van der Waals surface area contributed by atoms with Gasteiger partial charge in [-0.2, -0.15) is 0 Å². The first-order chi connectivity index (χ1) is 8.90. The summed E-state index contributed by atoms with van der Waals surface area (Å²) in [5.41, 5.74) is -0.135. The van der Waals surface area contributed by atoms with Crippen LogP contribution in [0.1, 0.15) is 30.6 Å². The van der Waals surface area contributed by atoms with Gasteiger partial charge >= 0.3 is 0 Å². The number of hydrogen-bond donors (Lipinski definition) is 0. The summed E-state index contributed by atoms with van der Waals surface area (Å²) >= 11 is 5.88. The van der Waals surface area contributed by atoms with Gasteiger partial charge in [-0.1, -0.05) is 18.5 Å². The quantitative estimate of drug-likeness (QED) is 0.475. The number of nitrogens with zero attached hydrogens (tertiary/aromatic N) is 3. The molecular formula is C12H14ClN3O3. The molecule has 1 aliphatic heterocycles. The van der Waals surface area contributed by atoms with E-state index in [-0.39, 0.29) is 28.4 Å². The highest BCUT2D eigenvalue weighted by Gasteiger charge is 2.32. The molecule has 0 saturated carbocycles. The number of likely N-dealkylation sites (tertiary alicyclic amines) is 1. The number of aromatic nitrogens is 1. The molecule has 1 aromatic rings. The second kappa shape index (κ2) is 5.13. The standard InChI is InChI=1S/C12H14ClN3O3/c1-7-3-8(2)15(6-7)12(17)10-4-9(16(18)19)5-14-11(10)13/h4-5,7-8H,3,6H2,1-2H3. The molecular weight excluding hydrogens is 270 g/mol. The van der Waals surface area contributed by atoms with Crippen LogP contribution in [0.4, 0.5) is 5.69 Å². The fourth-order valence-electron chi connectivity index (χ4n) is 2.42. The lowest BCUT2D eigenvalue weighted by Gasteiger charge is -2.21. The number of amides is 1. The van der Waals surface area contributed by atoms with Gasteiger partial charge in [-0.05, 0) is 19.3 Å². The largest absolute Gasteiger partial charge is 0.336 e. The maximum Gasteiger partial charge on any atom is 0.288 e. The molecule has 1 aliphatic rings. The minimum absolute atomic E-state index is 0.00218. The van der Waals surface area contributed by atoms with Gasteiger partial charge in [-0.3, -0.25) is 14.9 Å². The molecule has 102 valence electrons. The van der Waals surface area contributed by atoms with E-state index in [2.05, 4.69) is 11.9 Å². The zero-order valence-electron chi connectivity index (χ0n) is 10.7. The van der Waals surface area contributed by atoms with Crippen molar-refractivity contribution >= 4 is 23.2 Å². The van der Waals surface area contributed by atoms with Crippen LogP contribution in [0.3, 0.4) is 0 Å². The van der Waals surface area contributed by atoms with Gasteiger partial charge in [0.2, 0.25) is 0 Å². The van der Waals surface area contributed by atoms with Crippen LogP contribution in [-0.4, -0.2) is 33.3 Å². The van der Waals surface area contributed by atoms with Crippen molar-refractivity contribution in [3.63, 3.8) is 0 Å². The molecule has 19 heavy (non-hydrogen) atoms. The number of rotatable bonds is 2. The topological polar surface area (TPSA) is 76.3 Å². The maximum atomic E-state index is 12.4. The minimum Gasteiger partial charge on any atom is -0.336 e. The molecule has 7 heteroatoms. The van der Waals surface area contributed by atoms with Crippen LogP contribution in [0.2, 0.25) is 5.15 Å². The fraction of sp³-hybridized carbons (Fsp3) is 0.500. The van der Waals surface area contributed by atoms with Crippen LogP contribution in [0.25, 0.3) is 0 Å². The Morgan fingerprint density at radius 3 is 2.79 bits per heavy atom. The second-order valence-electron chi connectivity index (χ2n) is 4.94. The molecule has 2 heterocycles. The van der Waals surface area contributed by atoms with E-state index >= 15 is 0 Å². The molecule has 0 bridgehead atoms. The first-order valence-electron chi connectivity index (χ1n) is 6.01. The number of halogens is 1. The van der Waals surface area contributed by atoms with Crippen LogP contribution in [0, 0.1) is 16.0 Å². The molecule has 2 rings (SSSR count). The summed E-state index contributed by atoms with van der Waals surface area (Å²) in [7, 11) is 0. The Morgan fingerprint density at radius 2 is 2.26 bits per heavy atom. The zero-order valence-corrected chi connectivity index (χ0v) is 11.4. The summed E-state index contributed by atoms with van der Waals surface area (Å²) in [6, 6.07) is 1.30. The molecule has 1 aromatic heterocycles. The van der Waals surface area contributed by atoms with Gasteiger partial charge in [0, 0.05) is 18.7 Å².